The number of halogens is 1. The second-order valence-electron chi connectivity index (χ2n) is 5.76. The summed E-state index contributed by atoms with van der Waals surface area (Å²) in [5.74, 6) is -1.62. The Morgan fingerprint density at radius 2 is 1.85 bits per heavy atom. The predicted molar refractivity (Wildman–Crippen MR) is 96.6 cm³/mol. The van der Waals surface area contributed by atoms with Gasteiger partial charge in [-0.1, -0.05) is 6.58 Å². The van der Waals surface area contributed by atoms with E-state index in [1.54, 1.807) is 12.1 Å². The zero-order chi connectivity index (χ0) is 18.7. The minimum absolute atomic E-state index is 0.0499. The van der Waals surface area contributed by atoms with Gasteiger partial charge in [0.2, 0.25) is 11.8 Å². The number of benzene rings is 2. The lowest BCUT2D eigenvalue weighted by Crippen LogP contribution is -2.20. The van der Waals surface area contributed by atoms with E-state index in [1.807, 2.05) is 0 Å². The fraction of sp³-hybridized carbons (Fsp3) is 0.105. The Bertz CT molecular complexity index is 907. The number of fused-ring (bicyclic) bond motifs is 1. The van der Waals surface area contributed by atoms with E-state index in [-0.39, 0.29) is 17.5 Å². The summed E-state index contributed by atoms with van der Waals surface area (Å²) in [6, 6.07) is 8.90. The van der Waals surface area contributed by atoms with E-state index in [9.17, 15) is 18.8 Å². The van der Waals surface area contributed by atoms with Crippen LogP contribution >= 0.6 is 0 Å². The number of carbonyl (C=O) groups excluding carboxylic acids is 3. The van der Waals surface area contributed by atoms with Crippen molar-refractivity contribution in [1.82, 2.24) is 0 Å². The standard InChI is InChI=1S/C19H16FN3O3/c1-2-17(24)21-13-6-3-11(4-7-13)19(26)23-16-9-12-5-8-18(25)22-15(12)10-14(16)20/h2-4,6-7,9-10H,1,5,8H2,(H,21,24)(H,22,25)(H,23,26). The van der Waals surface area contributed by atoms with Gasteiger partial charge in [-0.25, -0.2) is 4.39 Å². The van der Waals surface area contributed by atoms with Crippen LogP contribution in [-0.4, -0.2) is 17.7 Å². The van der Waals surface area contributed by atoms with Crippen molar-refractivity contribution in [2.24, 2.45) is 0 Å². The summed E-state index contributed by atoms with van der Waals surface area (Å²) in [7, 11) is 0. The van der Waals surface area contributed by atoms with Crippen LogP contribution in [0.25, 0.3) is 0 Å². The Kier molecular flexibility index (Phi) is 4.79. The Hall–Kier alpha value is -3.48. The van der Waals surface area contributed by atoms with Gasteiger partial charge in [-0.15, -0.1) is 0 Å². The average molecular weight is 353 g/mol. The molecule has 0 saturated carbocycles. The lowest BCUT2D eigenvalue weighted by Gasteiger charge is -2.18. The minimum atomic E-state index is -0.630. The van der Waals surface area contributed by atoms with Crippen LogP contribution in [0.5, 0.6) is 0 Å². The summed E-state index contributed by atoms with van der Waals surface area (Å²) in [4.78, 5) is 34.9. The first-order valence-electron chi connectivity index (χ1n) is 7.93. The molecule has 1 aliphatic rings. The summed E-state index contributed by atoms with van der Waals surface area (Å²) in [5, 5.41) is 7.71. The summed E-state index contributed by atoms with van der Waals surface area (Å²) in [6.07, 6.45) is 1.95. The van der Waals surface area contributed by atoms with Crippen LogP contribution in [-0.2, 0) is 16.0 Å². The van der Waals surface area contributed by atoms with Crippen molar-refractivity contribution in [2.45, 2.75) is 12.8 Å². The number of nitrogens with one attached hydrogen (secondary N) is 3. The van der Waals surface area contributed by atoms with Crippen LogP contribution in [0.1, 0.15) is 22.3 Å². The minimum Gasteiger partial charge on any atom is -0.326 e. The predicted octanol–water partition coefficient (Wildman–Crippen LogP) is 3.09. The molecule has 132 valence electrons. The van der Waals surface area contributed by atoms with Gasteiger partial charge >= 0.3 is 0 Å². The van der Waals surface area contributed by atoms with Gasteiger partial charge in [-0.3, -0.25) is 14.4 Å². The topological polar surface area (TPSA) is 87.3 Å². The molecule has 0 fully saturated rings. The van der Waals surface area contributed by atoms with Gasteiger partial charge in [-0.2, -0.15) is 0 Å². The molecular weight excluding hydrogens is 337 g/mol. The van der Waals surface area contributed by atoms with E-state index >= 15 is 0 Å². The van der Waals surface area contributed by atoms with Crippen LogP contribution in [0.4, 0.5) is 21.5 Å². The molecule has 1 aliphatic heterocycles. The molecule has 3 rings (SSSR count). The molecule has 7 heteroatoms. The number of hydrogen-bond donors (Lipinski definition) is 3. The number of rotatable bonds is 4. The first-order chi connectivity index (χ1) is 12.5. The summed E-state index contributed by atoms with van der Waals surface area (Å²) >= 11 is 0. The molecule has 26 heavy (non-hydrogen) atoms. The number of carbonyl (C=O) groups is 3. The van der Waals surface area contributed by atoms with Crippen LogP contribution < -0.4 is 16.0 Å². The maximum Gasteiger partial charge on any atom is 0.255 e. The Balaban J connectivity index is 1.74. The number of amides is 3. The maximum absolute atomic E-state index is 14.2. The van der Waals surface area contributed by atoms with Gasteiger partial charge in [-0.05, 0) is 54.5 Å². The van der Waals surface area contributed by atoms with Crippen molar-refractivity contribution in [3.63, 3.8) is 0 Å². The van der Waals surface area contributed by atoms with Crippen molar-refractivity contribution in [2.75, 3.05) is 16.0 Å². The van der Waals surface area contributed by atoms with E-state index < -0.39 is 11.7 Å². The molecule has 6 nitrogen and oxygen atoms in total. The first kappa shape index (κ1) is 17.3. The molecule has 0 bridgehead atoms. The average Bonchev–Trinajstić information content (AvgIpc) is 2.63. The Morgan fingerprint density at radius 3 is 2.54 bits per heavy atom. The van der Waals surface area contributed by atoms with Gasteiger partial charge in [0.15, 0.2) is 0 Å². The molecule has 1 heterocycles. The van der Waals surface area contributed by atoms with Gasteiger partial charge in [0.25, 0.3) is 5.91 Å². The smallest absolute Gasteiger partial charge is 0.255 e. The van der Waals surface area contributed by atoms with Gasteiger partial charge < -0.3 is 16.0 Å². The fourth-order valence-electron chi connectivity index (χ4n) is 2.59. The van der Waals surface area contributed by atoms with Crippen molar-refractivity contribution < 1.29 is 18.8 Å². The first-order valence-corrected chi connectivity index (χ1v) is 7.93. The summed E-state index contributed by atoms with van der Waals surface area (Å²) in [6.45, 7) is 3.36. The SMILES string of the molecule is C=CC(=O)Nc1ccc(C(=O)Nc2cc3c(cc2F)NC(=O)CC3)cc1. The molecular formula is C19H16FN3O3. The van der Waals surface area contributed by atoms with E-state index in [2.05, 4.69) is 22.5 Å². The molecule has 3 N–H and O–H groups in total. The zero-order valence-corrected chi connectivity index (χ0v) is 13.8. The molecule has 0 radical (unpaired) electrons. The third-order valence-electron chi connectivity index (χ3n) is 3.94. The number of anilines is 3. The molecule has 2 aromatic rings. The quantitative estimate of drug-likeness (QED) is 0.738. The van der Waals surface area contributed by atoms with Crippen molar-refractivity contribution >= 4 is 34.8 Å². The molecule has 0 aromatic heterocycles. The summed E-state index contributed by atoms with van der Waals surface area (Å²) in [5.41, 5.74) is 2.07. The number of aryl methyl sites for hydroxylation is 1. The molecule has 2 aromatic carbocycles. The molecule has 0 saturated heterocycles. The molecule has 3 amide bonds. The fourth-order valence-corrected chi connectivity index (χ4v) is 2.59. The van der Waals surface area contributed by atoms with Crippen molar-refractivity contribution in [1.29, 1.82) is 0 Å². The van der Waals surface area contributed by atoms with Crippen LogP contribution in [0, 0.1) is 5.82 Å². The lowest BCUT2D eigenvalue weighted by atomic mass is 10.0. The van der Waals surface area contributed by atoms with E-state index in [0.717, 1.165) is 11.6 Å². The molecule has 0 atom stereocenters. The molecule has 0 spiro atoms. The molecule has 0 aliphatic carbocycles. The maximum atomic E-state index is 14.2. The highest BCUT2D eigenvalue weighted by molar-refractivity contribution is 6.05. The lowest BCUT2D eigenvalue weighted by molar-refractivity contribution is -0.116. The van der Waals surface area contributed by atoms with E-state index in [1.165, 1.54) is 24.3 Å². The number of hydrogen-bond acceptors (Lipinski definition) is 3. The van der Waals surface area contributed by atoms with E-state index in [4.69, 9.17) is 0 Å². The third-order valence-corrected chi connectivity index (χ3v) is 3.94. The van der Waals surface area contributed by atoms with Crippen molar-refractivity contribution in [3.05, 3.63) is 66.0 Å². The van der Waals surface area contributed by atoms with Crippen molar-refractivity contribution in [3.8, 4) is 0 Å². The van der Waals surface area contributed by atoms with Crippen LogP contribution in [0.15, 0.2) is 49.1 Å². The van der Waals surface area contributed by atoms with E-state index in [0.29, 0.717) is 29.8 Å². The highest BCUT2D eigenvalue weighted by Crippen LogP contribution is 2.28. The third kappa shape index (κ3) is 3.77. The normalized spacial score (nSPS) is 12.6. The zero-order valence-electron chi connectivity index (χ0n) is 13.8. The van der Waals surface area contributed by atoms with Crippen LogP contribution in [0.2, 0.25) is 0 Å². The van der Waals surface area contributed by atoms with Crippen LogP contribution in [0.3, 0.4) is 0 Å². The summed E-state index contributed by atoms with van der Waals surface area (Å²) < 4.78 is 14.2. The van der Waals surface area contributed by atoms with Gasteiger partial charge in [0, 0.05) is 23.4 Å². The highest BCUT2D eigenvalue weighted by Gasteiger charge is 2.18. The monoisotopic (exact) mass is 353 g/mol. The second kappa shape index (κ2) is 7.18. The highest BCUT2D eigenvalue weighted by atomic mass is 19.1. The van der Waals surface area contributed by atoms with Gasteiger partial charge in [0.1, 0.15) is 5.82 Å². The Morgan fingerprint density at radius 1 is 1.12 bits per heavy atom. The van der Waals surface area contributed by atoms with Gasteiger partial charge in [0.05, 0.1) is 5.69 Å². The largest absolute Gasteiger partial charge is 0.326 e. The molecule has 0 unspecified atom stereocenters. The Labute approximate surface area is 149 Å². The second-order valence-corrected chi connectivity index (χ2v) is 5.76.